The van der Waals surface area contributed by atoms with Gasteiger partial charge >= 0.3 is 0 Å². The molecule has 3 rings (SSSR count). The SMILES string of the molecule is CCCCCCCCCCCCN.O=C(Nc1ccccc1)c1cccc(Cc2ccccc2)c1O. The third-order valence-corrected chi connectivity index (χ3v) is 6.19. The van der Waals surface area contributed by atoms with Crippen LogP contribution in [0.5, 0.6) is 5.75 Å². The Hall–Kier alpha value is -3.11. The van der Waals surface area contributed by atoms with Crippen LogP contribution >= 0.6 is 0 Å². The van der Waals surface area contributed by atoms with E-state index >= 15 is 0 Å². The molecule has 0 fully saturated rings. The third-order valence-electron chi connectivity index (χ3n) is 6.19. The van der Waals surface area contributed by atoms with E-state index in [4.69, 9.17) is 5.73 Å². The Balaban J connectivity index is 0.000000302. The Bertz CT molecular complexity index is 964. The van der Waals surface area contributed by atoms with E-state index in [-0.39, 0.29) is 17.2 Å². The molecule has 36 heavy (non-hydrogen) atoms. The van der Waals surface area contributed by atoms with Gasteiger partial charge in [-0.2, -0.15) is 0 Å². The normalized spacial score (nSPS) is 10.4. The van der Waals surface area contributed by atoms with Crippen molar-refractivity contribution in [3.05, 3.63) is 95.6 Å². The van der Waals surface area contributed by atoms with Gasteiger partial charge < -0.3 is 16.2 Å². The number of unbranched alkanes of at least 4 members (excludes halogenated alkanes) is 9. The maximum atomic E-state index is 12.4. The predicted octanol–water partition coefficient (Wildman–Crippen LogP) is 8.10. The maximum Gasteiger partial charge on any atom is 0.259 e. The summed E-state index contributed by atoms with van der Waals surface area (Å²) in [4.78, 5) is 12.4. The van der Waals surface area contributed by atoms with Crippen LogP contribution in [-0.2, 0) is 6.42 Å². The molecule has 3 aromatic carbocycles. The van der Waals surface area contributed by atoms with E-state index in [2.05, 4.69) is 12.2 Å². The Morgan fingerprint density at radius 3 is 1.86 bits per heavy atom. The minimum Gasteiger partial charge on any atom is -0.507 e. The van der Waals surface area contributed by atoms with Crippen molar-refractivity contribution in [1.29, 1.82) is 0 Å². The fraction of sp³-hybridized carbons (Fsp3) is 0.406. The average Bonchev–Trinajstić information content (AvgIpc) is 2.90. The second-order valence-electron chi connectivity index (χ2n) is 9.27. The number of nitrogens with one attached hydrogen (secondary N) is 1. The lowest BCUT2D eigenvalue weighted by Crippen LogP contribution is -2.12. The summed E-state index contributed by atoms with van der Waals surface area (Å²) in [7, 11) is 0. The number of carbonyl (C=O) groups excluding carboxylic acids is 1. The monoisotopic (exact) mass is 488 g/mol. The van der Waals surface area contributed by atoms with Gasteiger partial charge in [-0.3, -0.25) is 4.79 Å². The lowest BCUT2D eigenvalue weighted by Gasteiger charge is -2.10. The molecule has 0 aromatic heterocycles. The van der Waals surface area contributed by atoms with E-state index in [9.17, 15) is 9.90 Å². The number of para-hydroxylation sites is 2. The minimum atomic E-state index is -0.316. The number of carbonyl (C=O) groups is 1. The number of rotatable bonds is 14. The van der Waals surface area contributed by atoms with Crippen molar-refractivity contribution in [2.45, 2.75) is 77.6 Å². The van der Waals surface area contributed by atoms with Gasteiger partial charge in [-0.15, -0.1) is 0 Å². The lowest BCUT2D eigenvalue weighted by atomic mass is 10.0. The van der Waals surface area contributed by atoms with Crippen LogP contribution in [-0.4, -0.2) is 17.6 Å². The number of hydrogen-bond donors (Lipinski definition) is 3. The van der Waals surface area contributed by atoms with Gasteiger partial charge in [0.25, 0.3) is 5.91 Å². The number of benzene rings is 3. The fourth-order valence-corrected chi connectivity index (χ4v) is 4.08. The van der Waals surface area contributed by atoms with Crippen LogP contribution in [0, 0.1) is 0 Å². The number of aromatic hydroxyl groups is 1. The van der Waals surface area contributed by atoms with Crippen LogP contribution in [0.3, 0.4) is 0 Å². The second kappa shape index (κ2) is 18.2. The zero-order valence-electron chi connectivity index (χ0n) is 21.9. The summed E-state index contributed by atoms with van der Waals surface area (Å²) in [6.45, 7) is 3.14. The highest BCUT2D eigenvalue weighted by Gasteiger charge is 2.14. The molecule has 0 saturated heterocycles. The number of nitrogens with two attached hydrogens (primary N) is 1. The molecule has 4 nitrogen and oxygen atoms in total. The van der Waals surface area contributed by atoms with E-state index in [1.54, 1.807) is 12.1 Å². The molecule has 0 heterocycles. The smallest absolute Gasteiger partial charge is 0.259 e. The number of amides is 1. The standard InChI is InChI=1S/C20H17NO2.C12H27N/c22-19-16(14-15-8-3-1-4-9-15)10-7-13-18(19)20(23)21-17-11-5-2-6-12-17;1-2-3-4-5-6-7-8-9-10-11-12-13/h1-13,22H,14H2,(H,21,23);2-13H2,1H3. The third kappa shape index (κ3) is 11.5. The molecule has 0 atom stereocenters. The van der Waals surface area contributed by atoms with Crippen LogP contribution in [0.25, 0.3) is 0 Å². The highest BCUT2D eigenvalue weighted by Crippen LogP contribution is 2.26. The molecule has 0 radical (unpaired) electrons. The second-order valence-corrected chi connectivity index (χ2v) is 9.27. The van der Waals surface area contributed by atoms with Gasteiger partial charge in [-0.25, -0.2) is 0 Å². The van der Waals surface area contributed by atoms with E-state index in [1.165, 1.54) is 64.2 Å². The zero-order valence-corrected chi connectivity index (χ0v) is 21.9. The molecule has 3 aromatic rings. The van der Waals surface area contributed by atoms with Gasteiger partial charge in [-0.1, -0.05) is 125 Å². The summed E-state index contributed by atoms with van der Waals surface area (Å²) in [6, 6.07) is 24.3. The van der Waals surface area contributed by atoms with Crippen LogP contribution in [0.15, 0.2) is 78.9 Å². The van der Waals surface area contributed by atoms with Gasteiger partial charge in [0.2, 0.25) is 0 Å². The Morgan fingerprint density at radius 1 is 0.722 bits per heavy atom. The highest BCUT2D eigenvalue weighted by atomic mass is 16.3. The summed E-state index contributed by atoms with van der Waals surface area (Å²) in [5, 5.41) is 13.2. The minimum absolute atomic E-state index is 0.0322. The first-order valence-corrected chi connectivity index (χ1v) is 13.6. The zero-order chi connectivity index (χ0) is 25.8. The fourth-order valence-electron chi connectivity index (χ4n) is 4.08. The first kappa shape index (κ1) is 29.1. The molecule has 4 heteroatoms. The van der Waals surface area contributed by atoms with Gasteiger partial charge in [0.15, 0.2) is 0 Å². The largest absolute Gasteiger partial charge is 0.507 e. The molecule has 0 aliphatic carbocycles. The summed E-state index contributed by atoms with van der Waals surface area (Å²) >= 11 is 0. The van der Waals surface area contributed by atoms with E-state index < -0.39 is 0 Å². The Morgan fingerprint density at radius 2 is 1.28 bits per heavy atom. The Kier molecular flexibility index (Phi) is 14.7. The van der Waals surface area contributed by atoms with Crippen molar-refractivity contribution in [2.24, 2.45) is 5.73 Å². The molecule has 0 saturated carbocycles. The van der Waals surface area contributed by atoms with Gasteiger partial charge in [0.05, 0.1) is 5.56 Å². The highest BCUT2D eigenvalue weighted by molar-refractivity contribution is 6.06. The molecular weight excluding hydrogens is 444 g/mol. The van der Waals surface area contributed by atoms with Crippen molar-refractivity contribution < 1.29 is 9.90 Å². The number of anilines is 1. The van der Waals surface area contributed by atoms with Crippen LogP contribution in [0.4, 0.5) is 5.69 Å². The van der Waals surface area contributed by atoms with E-state index in [0.29, 0.717) is 12.1 Å². The molecule has 1 amide bonds. The topological polar surface area (TPSA) is 75.4 Å². The van der Waals surface area contributed by atoms with Crippen LogP contribution in [0.2, 0.25) is 0 Å². The molecular formula is C32H44N2O2. The van der Waals surface area contributed by atoms with E-state index in [1.807, 2.05) is 66.7 Å². The lowest BCUT2D eigenvalue weighted by molar-refractivity contribution is 0.102. The summed E-state index contributed by atoms with van der Waals surface area (Å²) < 4.78 is 0. The van der Waals surface area contributed by atoms with Crippen molar-refractivity contribution >= 4 is 11.6 Å². The van der Waals surface area contributed by atoms with Gasteiger partial charge in [0, 0.05) is 12.1 Å². The first-order chi connectivity index (χ1) is 17.7. The summed E-state index contributed by atoms with van der Waals surface area (Å²) in [6.07, 6.45) is 14.5. The maximum absolute atomic E-state index is 12.4. The Labute approximate surface area is 218 Å². The summed E-state index contributed by atoms with van der Waals surface area (Å²) in [5.41, 5.74) is 8.22. The molecule has 0 unspecified atom stereocenters. The molecule has 0 aliphatic heterocycles. The molecule has 194 valence electrons. The summed E-state index contributed by atoms with van der Waals surface area (Å²) in [5.74, 6) is -0.284. The molecule has 0 bridgehead atoms. The number of hydrogen-bond acceptors (Lipinski definition) is 3. The molecule has 0 spiro atoms. The molecule has 4 N–H and O–H groups in total. The predicted molar refractivity (Wildman–Crippen MR) is 153 cm³/mol. The van der Waals surface area contributed by atoms with Gasteiger partial charge in [0.1, 0.15) is 5.75 Å². The van der Waals surface area contributed by atoms with Crippen LogP contribution < -0.4 is 11.1 Å². The van der Waals surface area contributed by atoms with Crippen LogP contribution in [0.1, 0.15) is 92.6 Å². The van der Waals surface area contributed by atoms with Crippen molar-refractivity contribution in [3.63, 3.8) is 0 Å². The van der Waals surface area contributed by atoms with Crippen molar-refractivity contribution in [2.75, 3.05) is 11.9 Å². The number of phenolic OH excluding ortho intramolecular Hbond substituents is 1. The van der Waals surface area contributed by atoms with Gasteiger partial charge in [-0.05, 0) is 42.3 Å². The molecule has 0 aliphatic rings. The average molecular weight is 489 g/mol. The number of phenols is 1. The van der Waals surface area contributed by atoms with Crippen molar-refractivity contribution in [3.8, 4) is 5.75 Å². The first-order valence-electron chi connectivity index (χ1n) is 13.6. The van der Waals surface area contributed by atoms with Crippen molar-refractivity contribution in [1.82, 2.24) is 0 Å². The quantitative estimate of drug-likeness (QED) is 0.201. The van der Waals surface area contributed by atoms with E-state index in [0.717, 1.165) is 17.7 Å².